The molecule has 0 bridgehead atoms. The van der Waals surface area contributed by atoms with E-state index < -0.39 is 0 Å². The summed E-state index contributed by atoms with van der Waals surface area (Å²) in [4.78, 5) is 19.7. The Morgan fingerprint density at radius 3 is 2.89 bits per heavy atom. The minimum Gasteiger partial charge on any atom is -0.436 e. The minimum absolute atomic E-state index is 0.0111. The number of carbonyl (C=O) groups excluding carboxylic acids is 1. The van der Waals surface area contributed by atoms with E-state index in [2.05, 4.69) is 15.3 Å². The number of pyridine rings is 1. The zero-order valence-electron chi connectivity index (χ0n) is 9.88. The maximum Gasteiger partial charge on any atom is 0.228 e. The average Bonchev–Trinajstić information content (AvgIpc) is 2.98. The van der Waals surface area contributed by atoms with Crippen LogP contribution in [0.25, 0.3) is 22.6 Å². The van der Waals surface area contributed by atoms with E-state index in [0.29, 0.717) is 17.9 Å². The SMILES string of the molecule is O=C1Cc2cc3nc(-c4ccncc4)oc3cc2N1. The van der Waals surface area contributed by atoms with Gasteiger partial charge in [-0.05, 0) is 23.8 Å². The van der Waals surface area contributed by atoms with Crippen molar-refractivity contribution in [2.45, 2.75) is 6.42 Å². The molecule has 1 N–H and O–H groups in total. The first kappa shape index (κ1) is 10.3. The van der Waals surface area contributed by atoms with Crippen molar-refractivity contribution >= 4 is 22.7 Å². The predicted molar refractivity (Wildman–Crippen MR) is 69.6 cm³/mol. The topological polar surface area (TPSA) is 68.0 Å². The van der Waals surface area contributed by atoms with Gasteiger partial charge in [-0.2, -0.15) is 0 Å². The summed E-state index contributed by atoms with van der Waals surface area (Å²) in [6.45, 7) is 0. The molecule has 0 spiro atoms. The molecule has 19 heavy (non-hydrogen) atoms. The van der Waals surface area contributed by atoms with Crippen molar-refractivity contribution < 1.29 is 9.21 Å². The Hall–Kier alpha value is -2.69. The lowest BCUT2D eigenvalue weighted by Gasteiger charge is -1.95. The molecule has 2 aromatic heterocycles. The summed E-state index contributed by atoms with van der Waals surface area (Å²) >= 11 is 0. The van der Waals surface area contributed by atoms with E-state index in [1.807, 2.05) is 24.3 Å². The van der Waals surface area contributed by atoms with Crippen LogP contribution in [0.3, 0.4) is 0 Å². The zero-order chi connectivity index (χ0) is 12.8. The number of nitrogens with zero attached hydrogens (tertiary/aromatic N) is 2. The van der Waals surface area contributed by atoms with Crippen LogP contribution in [0.15, 0.2) is 41.1 Å². The van der Waals surface area contributed by atoms with E-state index in [9.17, 15) is 4.79 Å². The van der Waals surface area contributed by atoms with E-state index in [-0.39, 0.29) is 5.91 Å². The zero-order valence-corrected chi connectivity index (χ0v) is 9.88. The fourth-order valence-electron chi connectivity index (χ4n) is 2.27. The second kappa shape index (κ2) is 3.65. The first-order valence-corrected chi connectivity index (χ1v) is 5.93. The third-order valence-electron chi connectivity index (χ3n) is 3.17. The first-order valence-electron chi connectivity index (χ1n) is 5.93. The predicted octanol–water partition coefficient (Wildman–Crippen LogP) is 2.38. The van der Waals surface area contributed by atoms with E-state index >= 15 is 0 Å². The normalized spacial score (nSPS) is 13.6. The van der Waals surface area contributed by atoms with E-state index in [1.165, 1.54) is 0 Å². The average molecular weight is 251 g/mol. The minimum atomic E-state index is 0.0111. The maximum atomic E-state index is 11.3. The van der Waals surface area contributed by atoms with Gasteiger partial charge in [0.1, 0.15) is 5.52 Å². The molecule has 0 aliphatic carbocycles. The molecule has 3 aromatic rings. The van der Waals surface area contributed by atoms with Crippen molar-refractivity contribution in [3.63, 3.8) is 0 Å². The van der Waals surface area contributed by atoms with Gasteiger partial charge in [-0.1, -0.05) is 0 Å². The molecule has 0 saturated heterocycles. The monoisotopic (exact) mass is 251 g/mol. The molecular weight excluding hydrogens is 242 g/mol. The smallest absolute Gasteiger partial charge is 0.228 e. The molecule has 1 amide bonds. The number of anilines is 1. The molecule has 4 rings (SSSR count). The Kier molecular flexibility index (Phi) is 1.97. The second-order valence-corrected chi connectivity index (χ2v) is 4.46. The molecule has 0 radical (unpaired) electrons. The van der Waals surface area contributed by atoms with Crippen molar-refractivity contribution in [3.05, 3.63) is 42.2 Å². The number of carbonyl (C=O) groups is 1. The van der Waals surface area contributed by atoms with Gasteiger partial charge in [0.25, 0.3) is 0 Å². The molecule has 1 aliphatic heterocycles. The Labute approximate surface area is 108 Å². The highest BCUT2D eigenvalue weighted by molar-refractivity contribution is 6.01. The fraction of sp³-hybridized carbons (Fsp3) is 0.0714. The van der Waals surface area contributed by atoms with Crippen LogP contribution < -0.4 is 5.32 Å². The summed E-state index contributed by atoms with van der Waals surface area (Å²) in [6, 6.07) is 7.42. The molecule has 5 heteroatoms. The summed E-state index contributed by atoms with van der Waals surface area (Å²) in [5, 5.41) is 2.80. The van der Waals surface area contributed by atoms with Crippen LogP contribution in [0.5, 0.6) is 0 Å². The number of aromatic nitrogens is 2. The van der Waals surface area contributed by atoms with Crippen LogP contribution in [0.2, 0.25) is 0 Å². The largest absolute Gasteiger partial charge is 0.436 e. The number of hydrogen-bond donors (Lipinski definition) is 1. The number of rotatable bonds is 1. The lowest BCUT2D eigenvalue weighted by atomic mass is 10.1. The van der Waals surface area contributed by atoms with Crippen molar-refractivity contribution in [2.75, 3.05) is 5.32 Å². The molecule has 3 heterocycles. The maximum absolute atomic E-state index is 11.3. The molecule has 1 aromatic carbocycles. The van der Waals surface area contributed by atoms with Crippen molar-refractivity contribution in [1.82, 2.24) is 9.97 Å². The van der Waals surface area contributed by atoms with Gasteiger partial charge in [0, 0.05) is 29.7 Å². The van der Waals surface area contributed by atoms with Crippen LogP contribution >= 0.6 is 0 Å². The lowest BCUT2D eigenvalue weighted by Crippen LogP contribution is -2.03. The van der Waals surface area contributed by atoms with Crippen LogP contribution in [0, 0.1) is 0 Å². The number of nitrogens with one attached hydrogen (secondary N) is 1. The Morgan fingerprint density at radius 1 is 1.21 bits per heavy atom. The van der Waals surface area contributed by atoms with Crippen LogP contribution in [-0.4, -0.2) is 15.9 Å². The van der Waals surface area contributed by atoms with Gasteiger partial charge < -0.3 is 9.73 Å². The van der Waals surface area contributed by atoms with Crippen molar-refractivity contribution in [3.8, 4) is 11.5 Å². The van der Waals surface area contributed by atoms with E-state index in [4.69, 9.17) is 4.42 Å². The van der Waals surface area contributed by atoms with Gasteiger partial charge in [-0.25, -0.2) is 4.98 Å². The van der Waals surface area contributed by atoms with Crippen LogP contribution in [0.1, 0.15) is 5.56 Å². The first-order chi connectivity index (χ1) is 9.29. The lowest BCUT2D eigenvalue weighted by molar-refractivity contribution is -0.115. The Morgan fingerprint density at radius 2 is 2.05 bits per heavy atom. The molecule has 0 unspecified atom stereocenters. The van der Waals surface area contributed by atoms with Gasteiger partial charge in [0.2, 0.25) is 11.8 Å². The number of oxazole rings is 1. The van der Waals surface area contributed by atoms with Crippen molar-refractivity contribution in [2.24, 2.45) is 0 Å². The highest BCUT2D eigenvalue weighted by Crippen LogP contribution is 2.31. The van der Waals surface area contributed by atoms with Gasteiger partial charge in [0.15, 0.2) is 5.58 Å². The Balaban J connectivity index is 1.88. The Bertz CT molecular complexity index is 748. The standard InChI is InChI=1S/C14H9N3O2/c18-13-6-9-5-11-12(7-10(9)16-13)19-14(17-11)8-1-3-15-4-2-8/h1-5,7H,6H2,(H,16,18). The summed E-state index contributed by atoms with van der Waals surface area (Å²) < 4.78 is 5.72. The van der Waals surface area contributed by atoms with Gasteiger partial charge in [-0.15, -0.1) is 0 Å². The third-order valence-corrected chi connectivity index (χ3v) is 3.17. The quantitative estimate of drug-likeness (QED) is 0.721. The van der Waals surface area contributed by atoms with Gasteiger partial charge in [0.05, 0.1) is 6.42 Å². The fourth-order valence-corrected chi connectivity index (χ4v) is 2.27. The molecule has 0 saturated carbocycles. The number of amides is 1. The summed E-state index contributed by atoms with van der Waals surface area (Å²) in [5.41, 5.74) is 4.10. The number of fused-ring (bicyclic) bond motifs is 2. The third kappa shape index (κ3) is 1.59. The number of hydrogen-bond acceptors (Lipinski definition) is 4. The summed E-state index contributed by atoms with van der Waals surface area (Å²) in [7, 11) is 0. The molecule has 5 nitrogen and oxygen atoms in total. The molecule has 0 atom stereocenters. The summed E-state index contributed by atoms with van der Waals surface area (Å²) in [5.74, 6) is 0.574. The van der Waals surface area contributed by atoms with E-state index in [1.54, 1.807) is 12.4 Å². The number of benzene rings is 1. The van der Waals surface area contributed by atoms with Crippen LogP contribution in [-0.2, 0) is 11.2 Å². The second-order valence-electron chi connectivity index (χ2n) is 4.46. The van der Waals surface area contributed by atoms with Crippen molar-refractivity contribution in [1.29, 1.82) is 0 Å². The molecule has 0 fully saturated rings. The molecular formula is C14H9N3O2. The van der Waals surface area contributed by atoms with E-state index in [0.717, 1.165) is 22.3 Å². The molecule has 92 valence electrons. The highest BCUT2D eigenvalue weighted by atomic mass is 16.3. The van der Waals surface area contributed by atoms with Gasteiger partial charge in [-0.3, -0.25) is 9.78 Å². The molecule has 1 aliphatic rings. The van der Waals surface area contributed by atoms with Crippen LogP contribution in [0.4, 0.5) is 5.69 Å². The summed E-state index contributed by atoms with van der Waals surface area (Å²) in [6.07, 6.45) is 3.80. The van der Waals surface area contributed by atoms with Gasteiger partial charge >= 0.3 is 0 Å². The highest BCUT2D eigenvalue weighted by Gasteiger charge is 2.20.